The predicted octanol–water partition coefficient (Wildman–Crippen LogP) is 3.77. The van der Waals surface area contributed by atoms with Crippen molar-refractivity contribution in [1.82, 2.24) is 15.1 Å². The Kier molecular flexibility index (Phi) is 3.67. The fourth-order valence-electron chi connectivity index (χ4n) is 3.19. The maximum atomic E-state index is 13.9. The number of benzene rings is 2. The number of fused-ring (bicyclic) bond motifs is 1. The van der Waals surface area contributed by atoms with Crippen LogP contribution in [0, 0.1) is 5.82 Å². The minimum Gasteiger partial charge on any atom is -0.294 e. The maximum absolute atomic E-state index is 13.9. The number of rotatable bonds is 3. The average Bonchev–Trinajstić information content (AvgIpc) is 3.01. The highest BCUT2D eigenvalue weighted by atomic mass is 19.1. The van der Waals surface area contributed by atoms with Crippen molar-refractivity contribution in [3.8, 4) is 11.3 Å². The van der Waals surface area contributed by atoms with E-state index in [0.717, 1.165) is 36.3 Å². The van der Waals surface area contributed by atoms with Crippen molar-refractivity contribution in [1.29, 1.82) is 0 Å². The first-order valence-corrected chi connectivity index (χ1v) is 7.88. The fourth-order valence-corrected chi connectivity index (χ4v) is 3.19. The highest BCUT2D eigenvalue weighted by molar-refractivity contribution is 5.64. The molecule has 0 aliphatic carbocycles. The highest BCUT2D eigenvalue weighted by Crippen LogP contribution is 2.29. The molecule has 0 amide bonds. The van der Waals surface area contributed by atoms with Crippen LogP contribution in [-0.2, 0) is 19.5 Å². The first-order valence-electron chi connectivity index (χ1n) is 7.88. The smallest absolute Gasteiger partial charge is 0.127 e. The third-order valence-electron chi connectivity index (χ3n) is 4.41. The molecule has 23 heavy (non-hydrogen) atoms. The quantitative estimate of drug-likeness (QED) is 0.798. The molecule has 0 spiro atoms. The Hall–Kier alpha value is -2.46. The van der Waals surface area contributed by atoms with E-state index >= 15 is 0 Å². The molecule has 3 aromatic rings. The van der Waals surface area contributed by atoms with E-state index in [9.17, 15) is 4.39 Å². The van der Waals surface area contributed by atoms with E-state index in [4.69, 9.17) is 0 Å². The molecule has 0 saturated heterocycles. The largest absolute Gasteiger partial charge is 0.294 e. The molecule has 2 heterocycles. The second-order valence-electron chi connectivity index (χ2n) is 5.95. The molecular weight excluding hydrogens is 289 g/mol. The topological polar surface area (TPSA) is 31.9 Å². The van der Waals surface area contributed by atoms with Gasteiger partial charge in [0, 0.05) is 48.4 Å². The van der Waals surface area contributed by atoms with Crippen molar-refractivity contribution in [2.75, 3.05) is 6.54 Å². The zero-order valence-corrected chi connectivity index (χ0v) is 12.8. The summed E-state index contributed by atoms with van der Waals surface area (Å²) >= 11 is 0. The van der Waals surface area contributed by atoms with Crippen LogP contribution >= 0.6 is 0 Å². The Morgan fingerprint density at radius 3 is 2.65 bits per heavy atom. The number of aromatic amines is 1. The Morgan fingerprint density at radius 2 is 1.83 bits per heavy atom. The predicted molar refractivity (Wildman–Crippen MR) is 88.2 cm³/mol. The van der Waals surface area contributed by atoms with Crippen molar-refractivity contribution >= 4 is 0 Å². The summed E-state index contributed by atoms with van der Waals surface area (Å²) in [6.07, 6.45) is 0.920. The van der Waals surface area contributed by atoms with Gasteiger partial charge in [0.1, 0.15) is 5.82 Å². The van der Waals surface area contributed by atoms with E-state index in [0.29, 0.717) is 6.54 Å². The molecule has 3 nitrogen and oxygen atoms in total. The summed E-state index contributed by atoms with van der Waals surface area (Å²) in [6.45, 7) is 2.34. The summed E-state index contributed by atoms with van der Waals surface area (Å²) in [7, 11) is 0. The summed E-state index contributed by atoms with van der Waals surface area (Å²) in [4.78, 5) is 2.28. The molecule has 2 aromatic carbocycles. The molecule has 4 rings (SSSR count). The molecule has 1 aliphatic heterocycles. The van der Waals surface area contributed by atoms with Gasteiger partial charge in [-0.05, 0) is 6.07 Å². The van der Waals surface area contributed by atoms with Gasteiger partial charge < -0.3 is 0 Å². The molecule has 116 valence electrons. The Bertz CT molecular complexity index is 810. The molecule has 0 saturated carbocycles. The van der Waals surface area contributed by atoms with E-state index in [1.807, 2.05) is 30.3 Å². The lowest BCUT2D eigenvalue weighted by Crippen LogP contribution is -2.30. The summed E-state index contributed by atoms with van der Waals surface area (Å²) in [5.74, 6) is -0.131. The Balaban J connectivity index is 1.59. The second kappa shape index (κ2) is 5.97. The highest BCUT2D eigenvalue weighted by Gasteiger charge is 2.23. The van der Waals surface area contributed by atoms with Crippen LogP contribution in [0.2, 0.25) is 0 Å². The van der Waals surface area contributed by atoms with E-state index in [2.05, 4.69) is 27.2 Å². The third kappa shape index (κ3) is 2.78. The number of halogens is 1. The van der Waals surface area contributed by atoms with Crippen LogP contribution in [0.25, 0.3) is 11.3 Å². The maximum Gasteiger partial charge on any atom is 0.127 e. The zero-order valence-electron chi connectivity index (χ0n) is 12.8. The van der Waals surface area contributed by atoms with Crippen LogP contribution in [0.5, 0.6) is 0 Å². The number of hydrogen-bond donors (Lipinski definition) is 1. The van der Waals surface area contributed by atoms with Crippen LogP contribution < -0.4 is 0 Å². The Labute approximate surface area is 134 Å². The van der Waals surface area contributed by atoms with Crippen molar-refractivity contribution < 1.29 is 4.39 Å². The third-order valence-corrected chi connectivity index (χ3v) is 4.41. The molecule has 0 fully saturated rings. The van der Waals surface area contributed by atoms with Gasteiger partial charge in [0.05, 0.1) is 5.69 Å². The second-order valence-corrected chi connectivity index (χ2v) is 5.95. The standard InChI is InChI=1S/C19H18FN3/c20-17-9-5-4-8-15(17)12-23-11-10-18-16(13-23)19(22-21-18)14-6-2-1-3-7-14/h1-9H,10-13H2,(H,21,22). The lowest BCUT2D eigenvalue weighted by Gasteiger charge is -2.27. The summed E-state index contributed by atoms with van der Waals surface area (Å²) in [5, 5.41) is 7.67. The number of nitrogens with zero attached hydrogens (tertiary/aromatic N) is 2. The van der Waals surface area contributed by atoms with Crippen molar-refractivity contribution in [2.45, 2.75) is 19.5 Å². The lowest BCUT2D eigenvalue weighted by atomic mass is 10.0. The first-order chi connectivity index (χ1) is 11.3. The number of nitrogens with one attached hydrogen (secondary N) is 1. The van der Waals surface area contributed by atoms with Gasteiger partial charge in [-0.1, -0.05) is 48.5 Å². The van der Waals surface area contributed by atoms with Crippen LogP contribution in [0.4, 0.5) is 4.39 Å². The molecule has 0 radical (unpaired) electrons. The number of hydrogen-bond acceptors (Lipinski definition) is 2. The molecule has 1 N–H and O–H groups in total. The van der Waals surface area contributed by atoms with Crippen LogP contribution in [0.3, 0.4) is 0 Å². The summed E-state index contributed by atoms with van der Waals surface area (Å²) in [5.41, 5.74) is 5.32. The van der Waals surface area contributed by atoms with E-state index in [-0.39, 0.29) is 5.82 Å². The van der Waals surface area contributed by atoms with Crippen molar-refractivity contribution in [3.63, 3.8) is 0 Å². The minimum atomic E-state index is -0.131. The molecule has 0 unspecified atom stereocenters. The van der Waals surface area contributed by atoms with Crippen LogP contribution in [0.15, 0.2) is 54.6 Å². The van der Waals surface area contributed by atoms with Gasteiger partial charge in [0.2, 0.25) is 0 Å². The van der Waals surface area contributed by atoms with Gasteiger partial charge in [-0.3, -0.25) is 10.00 Å². The SMILES string of the molecule is Fc1ccccc1CN1CCc2[nH]nc(-c3ccccc3)c2C1. The van der Waals surface area contributed by atoms with E-state index in [1.165, 1.54) is 17.3 Å². The lowest BCUT2D eigenvalue weighted by molar-refractivity contribution is 0.242. The molecule has 0 bridgehead atoms. The normalized spacial score (nSPS) is 14.7. The van der Waals surface area contributed by atoms with Gasteiger partial charge in [-0.25, -0.2) is 4.39 Å². The summed E-state index contributed by atoms with van der Waals surface area (Å²) in [6, 6.07) is 17.2. The molecule has 1 aliphatic rings. The fraction of sp³-hybridized carbons (Fsp3) is 0.211. The number of aromatic nitrogens is 2. The first kappa shape index (κ1) is 14.2. The average molecular weight is 307 g/mol. The van der Waals surface area contributed by atoms with Gasteiger partial charge >= 0.3 is 0 Å². The van der Waals surface area contributed by atoms with Crippen molar-refractivity contribution in [2.24, 2.45) is 0 Å². The minimum absolute atomic E-state index is 0.131. The molecule has 1 aromatic heterocycles. The molecular formula is C19H18FN3. The van der Waals surface area contributed by atoms with E-state index in [1.54, 1.807) is 6.07 Å². The van der Waals surface area contributed by atoms with Crippen LogP contribution in [0.1, 0.15) is 16.8 Å². The molecule has 4 heteroatoms. The number of H-pyrrole nitrogens is 1. The zero-order chi connectivity index (χ0) is 15.6. The monoisotopic (exact) mass is 307 g/mol. The van der Waals surface area contributed by atoms with Gasteiger partial charge in [-0.2, -0.15) is 5.10 Å². The Morgan fingerprint density at radius 1 is 1.04 bits per heavy atom. The van der Waals surface area contributed by atoms with Gasteiger partial charge in [-0.15, -0.1) is 0 Å². The van der Waals surface area contributed by atoms with Crippen molar-refractivity contribution in [3.05, 3.63) is 77.2 Å². The van der Waals surface area contributed by atoms with Gasteiger partial charge in [0.25, 0.3) is 0 Å². The van der Waals surface area contributed by atoms with E-state index < -0.39 is 0 Å². The summed E-state index contributed by atoms with van der Waals surface area (Å²) < 4.78 is 13.9. The van der Waals surface area contributed by atoms with Crippen LogP contribution in [-0.4, -0.2) is 21.6 Å². The van der Waals surface area contributed by atoms with Gasteiger partial charge in [0.15, 0.2) is 0 Å². The molecule has 0 atom stereocenters.